The van der Waals surface area contributed by atoms with E-state index in [0.717, 1.165) is 7.11 Å². The molecule has 2 rings (SSSR count). The van der Waals surface area contributed by atoms with Crippen LogP contribution in [0.25, 0.3) is 0 Å². The van der Waals surface area contributed by atoms with E-state index >= 15 is 0 Å². The summed E-state index contributed by atoms with van der Waals surface area (Å²) in [6, 6.07) is 4.66. The molecule has 0 saturated carbocycles. The molecule has 0 fully saturated rings. The highest BCUT2D eigenvalue weighted by Crippen LogP contribution is 2.49. The van der Waals surface area contributed by atoms with E-state index in [4.69, 9.17) is 21.1 Å². The molecule has 144 valence electrons. The molecule has 1 aromatic carbocycles. The fourth-order valence-electron chi connectivity index (χ4n) is 3.22. The number of halogens is 1. The first-order chi connectivity index (χ1) is 12.9. The summed E-state index contributed by atoms with van der Waals surface area (Å²) in [5.74, 6) is -5.08. The fraction of sp³-hybridized carbons (Fsp3) is 0.333. The number of methoxy groups -OCH3 is 1. The van der Waals surface area contributed by atoms with Crippen molar-refractivity contribution < 1.29 is 33.8 Å². The van der Waals surface area contributed by atoms with E-state index in [0.29, 0.717) is 6.29 Å². The second kappa shape index (κ2) is 8.22. The molecule has 1 aromatic rings. The number of aliphatic carboxylic acids is 1. The van der Waals surface area contributed by atoms with Gasteiger partial charge in [0.25, 0.3) is 0 Å². The zero-order valence-electron chi connectivity index (χ0n) is 14.6. The molecule has 1 heterocycles. The van der Waals surface area contributed by atoms with E-state index in [9.17, 15) is 24.3 Å². The Kier molecular flexibility index (Phi) is 6.22. The van der Waals surface area contributed by atoms with E-state index in [1.54, 1.807) is 12.1 Å². The summed E-state index contributed by atoms with van der Waals surface area (Å²) in [6.45, 7) is 1.38. The van der Waals surface area contributed by atoms with Crippen molar-refractivity contribution in [2.24, 2.45) is 5.41 Å². The molecule has 9 heteroatoms. The minimum atomic E-state index is -2.46. The van der Waals surface area contributed by atoms with E-state index in [1.807, 2.05) is 0 Å². The molecular weight excluding hydrogens is 378 g/mol. The van der Waals surface area contributed by atoms with E-state index in [2.05, 4.69) is 5.32 Å². The zero-order chi connectivity index (χ0) is 20.2. The van der Waals surface area contributed by atoms with Gasteiger partial charge in [-0.3, -0.25) is 9.59 Å². The number of esters is 2. The summed E-state index contributed by atoms with van der Waals surface area (Å²) in [5.41, 5.74) is -2.44. The van der Waals surface area contributed by atoms with Crippen LogP contribution in [0.5, 0.6) is 0 Å². The van der Waals surface area contributed by atoms with Gasteiger partial charge in [0, 0.05) is 17.1 Å². The number of hydrogen-bond donors (Lipinski definition) is 2. The highest BCUT2D eigenvalue weighted by atomic mass is 35.5. The number of hydrogen-bond acceptors (Lipinski definition) is 7. The summed E-state index contributed by atoms with van der Waals surface area (Å²) in [6.07, 6.45) is 1.46. The van der Waals surface area contributed by atoms with Crippen molar-refractivity contribution in [3.8, 4) is 0 Å². The van der Waals surface area contributed by atoms with Crippen molar-refractivity contribution in [1.29, 1.82) is 0 Å². The van der Waals surface area contributed by atoms with Gasteiger partial charge in [0.15, 0.2) is 0 Å². The van der Waals surface area contributed by atoms with E-state index < -0.39 is 35.3 Å². The van der Waals surface area contributed by atoms with E-state index in [1.165, 1.54) is 25.3 Å². The minimum Gasteiger partial charge on any atom is -0.480 e. The average Bonchev–Trinajstić information content (AvgIpc) is 2.66. The number of carbonyl (C=O) groups is 4. The third-order valence-electron chi connectivity index (χ3n) is 4.42. The lowest BCUT2D eigenvalue weighted by Crippen LogP contribution is -2.62. The second-order valence-corrected chi connectivity index (χ2v) is 6.13. The fourth-order valence-corrected chi connectivity index (χ4v) is 3.47. The van der Waals surface area contributed by atoms with Crippen molar-refractivity contribution >= 4 is 35.8 Å². The van der Waals surface area contributed by atoms with Gasteiger partial charge in [0.2, 0.25) is 5.41 Å². The highest BCUT2D eigenvalue weighted by Gasteiger charge is 2.64. The first-order valence-electron chi connectivity index (χ1n) is 8.00. The first kappa shape index (κ1) is 20.4. The van der Waals surface area contributed by atoms with Crippen molar-refractivity contribution in [2.75, 3.05) is 13.7 Å². The van der Waals surface area contributed by atoms with Crippen LogP contribution >= 0.6 is 11.6 Å². The SMILES string of the molecule is CCOC(=O)C1(C(=O)O)C(C=O)NC=C(C(=O)OC)C1c1ccccc1Cl. The molecule has 8 nitrogen and oxygen atoms in total. The molecule has 3 atom stereocenters. The maximum absolute atomic E-state index is 12.9. The number of benzene rings is 1. The maximum atomic E-state index is 12.9. The number of ether oxygens (including phenoxy) is 2. The number of carboxylic acid groups (broad SMARTS) is 1. The Hall–Kier alpha value is -2.87. The Labute approximate surface area is 160 Å². The maximum Gasteiger partial charge on any atom is 0.335 e. The van der Waals surface area contributed by atoms with Crippen LogP contribution in [0.2, 0.25) is 5.02 Å². The number of carboxylic acids is 1. The van der Waals surface area contributed by atoms with Gasteiger partial charge < -0.3 is 24.7 Å². The Morgan fingerprint density at radius 2 is 2.00 bits per heavy atom. The van der Waals surface area contributed by atoms with Gasteiger partial charge in [0.1, 0.15) is 12.3 Å². The smallest absolute Gasteiger partial charge is 0.335 e. The van der Waals surface area contributed by atoms with Crippen LogP contribution in [0.1, 0.15) is 18.4 Å². The third kappa shape index (κ3) is 3.28. The van der Waals surface area contributed by atoms with Crippen LogP contribution in [0.4, 0.5) is 0 Å². The van der Waals surface area contributed by atoms with Crippen molar-refractivity contribution in [3.63, 3.8) is 0 Å². The van der Waals surface area contributed by atoms with Crippen molar-refractivity contribution in [3.05, 3.63) is 46.6 Å². The normalized spacial score (nSPS) is 24.2. The molecule has 1 aliphatic heterocycles. The molecule has 0 amide bonds. The number of rotatable bonds is 6. The molecule has 27 heavy (non-hydrogen) atoms. The number of carbonyl (C=O) groups excluding carboxylic acids is 3. The predicted molar refractivity (Wildman–Crippen MR) is 94.0 cm³/mol. The Balaban J connectivity index is 2.88. The van der Waals surface area contributed by atoms with Gasteiger partial charge >= 0.3 is 17.9 Å². The second-order valence-electron chi connectivity index (χ2n) is 5.72. The lowest BCUT2D eigenvalue weighted by molar-refractivity contribution is -0.174. The summed E-state index contributed by atoms with van der Waals surface area (Å²) in [7, 11) is 1.12. The van der Waals surface area contributed by atoms with Crippen LogP contribution in [-0.4, -0.2) is 49.1 Å². The van der Waals surface area contributed by atoms with Crippen LogP contribution in [0.3, 0.4) is 0 Å². The molecule has 0 saturated heterocycles. The third-order valence-corrected chi connectivity index (χ3v) is 4.76. The summed E-state index contributed by atoms with van der Waals surface area (Å²) in [4.78, 5) is 49.3. The Bertz CT molecular complexity index is 807. The number of nitrogens with one attached hydrogen (secondary N) is 1. The van der Waals surface area contributed by atoms with Gasteiger partial charge in [-0.2, -0.15) is 0 Å². The number of aldehydes is 1. The van der Waals surface area contributed by atoms with Gasteiger partial charge in [0.05, 0.1) is 19.3 Å². The van der Waals surface area contributed by atoms with Crippen molar-refractivity contribution in [2.45, 2.75) is 18.9 Å². The van der Waals surface area contributed by atoms with Crippen LogP contribution in [0, 0.1) is 5.41 Å². The van der Waals surface area contributed by atoms with Gasteiger partial charge in [-0.25, -0.2) is 4.79 Å². The quantitative estimate of drug-likeness (QED) is 0.420. The standard InChI is InChI=1S/C18H18ClNO7/c1-3-27-17(25)18(16(23)24)13(9-21)20-8-11(15(22)26-2)14(18)10-6-4-5-7-12(10)19/h4-9,13-14,20H,3H2,1-2H3,(H,23,24). The van der Waals surface area contributed by atoms with Crippen LogP contribution in [-0.2, 0) is 28.7 Å². The topological polar surface area (TPSA) is 119 Å². The largest absolute Gasteiger partial charge is 0.480 e. The van der Waals surface area contributed by atoms with Crippen LogP contribution < -0.4 is 5.32 Å². The molecule has 2 N–H and O–H groups in total. The molecule has 1 aliphatic rings. The Morgan fingerprint density at radius 1 is 1.33 bits per heavy atom. The molecule has 0 aliphatic carbocycles. The lowest BCUT2D eigenvalue weighted by atomic mass is 9.62. The zero-order valence-corrected chi connectivity index (χ0v) is 15.4. The summed E-state index contributed by atoms with van der Waals surface area (Å²) in [5, 5.41) is 12.7. The predicted octanol–water partition coefficient (Wildman–Crippen LogP) is 1.29. The van der Waals surface area contributed by atoms with E-state index in [-0.39, 0.29) is 22.8 Å². The summed E-state index contributed by atoms with van der Waals surface area (Å²) < 4.78 is 9.73. The lowest BCUT2D eigenvalue weighted by Gasteiger charge is -2.42. The van der Waals surface area contributed by atoms with Gasteiger partial charge in [-0.05, 0) is 18.6 Å². The molecular formula is C18H18ClNO7. The minimum absolute atomic E-state index is 0.119. The van der Waals surface area contributed by atoms with Crippen LogP contribution in [0.15, 0.2) is 36.0 Å². The monoisotopic (exact) mass is 395 g/mol. The molecule has 3 unspecified atom stereocenters. The summed E-state index contributed by atoms with van der Waals surface area (Å²) >= 11 is 6.24. The molecule has 0 spiro atoms. The van der Waals surface area contributed by atoms with Crippen molar-refractivity contribution in [1.82, 2.24) is 5.32 Å². The van der Waals surface area contributed by atoms with Gasteiger partial charge in [-0.15, -0.1) is 0 Å². The molecule has 0 aromatic heterocycles. The Morgan fingerprint density at radius 3 is 2.52 bits per heavy atom. The average molecular weight is 396 g/mol. The highest BCUT2D eigenvalue weighted by molar-refractivity contribution is 6.31. The van der Waals surface area contributed by atoms with Gasteiger partial charge in [-0.1, -0.05) is 29.8 Å². The molecule has 0 radical (unpaired) electrons. The first-order valence-corrected chi connectivity index (χ1v) is 8.38. The molecule has 0 bridgehead atoms.